The molecule has 3 nitrogen and oxygen atoms in total. The fourth-order valence-electron chi connectivity index (χ4n) is 2.00. The van der Waals surface area contributed by atoms with Crippen LogP contribution in [-0.4, -0.2) is 23.7 Å². The summed E-state index contributed by atoms with van der Waals surface area (Å²) in [5, 5.41) is 0.247. The lowest BCUT2D eigenvalue weighted by atomic mass is 10.2. The van der Waals surface area contributed by atoms with Crippen LogP contribution < -0.4 is 13.6 Å². The minimum absolute atomic E-state index is 0.120. The Morgan fingerprint density at radius 2 is 1.23 bits per heavy atom. The number of ether oxygens (including phenoxy) is 1. The van der Waals surface area contributed by atoms with Gasteiger partial charge in [0.2, 0.25) is 0 Å². The van der Waals surface area contributed by atoms with E-state index < -0.39 is 16.6 Å². The summed E-state index contributed by atoms with van der Waals surface area (Å²) in [7, 11) is -2.22. The zero-order chi connectivity index (χ0) is 20.7. The largest absolute Gasteiger partial charge is 0.542 e. The monoisotopic (exact) mass is 460 g/mol. The van der Waals surface area contributed by atoms with Gasteiger partial charge >= 0.3 is 0 Å². The maximum absolute atomic E-state index is 6.59. The van der Waals surface area contributed by atoms with E-state index in [9.17, 15) is 0 Å². The van der Waals surface area contributed by atoms with Crippen LogP contribution in [0.2, 0.25) is 36.3 Å². The van der Waals surface area contributed by atoms with E-state index in [1.807, 2.05) is 13.0 Å². The molecule has 0 aliphatic carbocycles. The quantitative estimate of drug-likeness (QED) is 0.424. The molecule has 6 heteroatoms. The van der Waals surface area contributed by atoms with Gasteiger partial charge in [-0.3, -0.25) is 0 Å². The van der Waals surface area contributed by atoms with Gasteiger partial charge in [-0.1, -0.05) is 41.5 Å². The second kappa shape index (κ2) is 7.51. The average molecular weight is 462 g/mol. The lowest BCUT2D eigenvalue weighted by molar-refractivity contribution is 0.378. The van der Waals surface area contributed by atoms with Gasteiger partial charge in [0.25, 0.3) is 16.6 Å². The third-order valence-corrected chi connectivity index (χ3v) is 15.2. The third-order valence-electron chi connectivity index (χ3n) is 5.92. The molecule has 26 heavy (non-hydrogen) atoms. The maximum Gasteiger partial charge on any atom is 0.250 e. The van der Waals surface area contributed by atoms with Gasteiger partial charge in [0, 0.05) is 11.6 Å². The molecule has 0 spiro atoms. The van der Waals surface area contributed by atoms with Gasteiger partial charge in [0.15, 0.2) is 5.75 Å². The van der Waals surface area contributed by atoms with E-state index in [0.29, 0.717) is 0 Å². The summed E-state index contributed by atoms with van der Waals surface area (Å²) in [5.74, 6) is 2.44. The predicted molar refractivity (Wildman–Crippen MR) is 121 cm³/mol. The van der Waals surface area contributed by atoms with Crippen LogP contribution in [0.25, 0.3) is 0 Å². The maximum atomic E-state index is 6.59. The van der Waals surface area contributed by atoms with E-state index in [0.717, 1.165) is 27.3 Å². The molecular weight excluding hydrogens is 424 g/mol. The van der Waals surface area contributed by atoms with E-state index >= 15 is 0 Å². The zero-order valence-corrected chi connectivity index (χ0v) is 22.3. The van der Waals surface area contributed by atoms with E-state index in [1.54, 1.807) is 7.11 Å². The van der Waals surface area contributed by atoms with Gasteiger partial charge in [-0.2, -0.15) is 0 Å². The van der Waals surface area contributed by atoms with Crippen LogP contribution in [0.5, 0.6) is 17.2 Å². The first kappa shape index (κ1) is 23.6. The number of benzene rings is 1. The first-order chi connectivity index (χ1) is 11.4. The second-order valence-corrected chi connectivity index (χ2v) is 20.4. The molecule has 0 radical (unpaired) electrons. The molecule has 0 saturated carbocycles. The van der Waals surface area contributed by atoms with E-state index in [1.165, 1.54) is 0 Å². The van der Waals surface area contributed by atoms with Gasteiger partial charge in [0.05, 0.1) is 11.6 Å². The Hall–Kier alpha value is -0.466. The van der Waals surface area contributed by atoms with E-state index in [-0.39, 0.29) is 10.1 Å². The highest BCUT2D eigenvalue weighted by atomic mass is 79.9. The van der Waals surface area contributed by atoms with Crippen LogP contribution in [0, 0.1) is 6.92 Å². The first-order valence-electron chi connectivity index (χ1n) is 9.20. The molecule has 0 aliphatic heterocycles. The molecule has 1 aromatic carbocycles. The smallest absolute Gasteiger partial charge is 0.250 e. The summed E-state index contributed by atoms with van der Waals surface area (Å²) in [6, 6.07) is 2.01. The highest BCUT2D eigenvalue weighted by molar-refractivity contribution is 9.10. The molecule has 0 amide bonds. The Morgan fingerprint density at radius 3 is 1.62 bits per heavy atom. The summed E-state index contributed by atoms with van der Waals surface area (Å²) in [6.45, 7) is 24.5. The van der Waals surface area contributed by atoms with Crippen LogP contribution >= 0.6 is 15.9 Å². The Bertz CT molecular complexity index is 656. The van der Waals surface area contributed by atoms with Crippen molar-refractivity contribution in [1.29, 1.82) is 0 Å². The lowest BCUT2D eigenvalue weighted by Crippen LogP contribution is -2.44. The average Bonchev–Trinajstić information content (AvgIpc) is 2.40. The van der Waals surface area contributed by atoms with Crippen molar-refractivity contribution in [1.82, 2.24) is 0 Å². The van der Waals surface area contributed by atoms with Crippen LogP contribution in [0.3, 0.4) is 0 Å². The van der Waals surface area contributed by atoms with Crippen LogP contribution in [0.15, 0.2) is 10.5 Å². The minimum Gasteiger partial charge on any atom is -0.542 e. The summed E-state index contributed by atoms with van der Waals surface area (Å²) in [4.78, 5) is 0. The summed E-state index contributed by atoms with van der Waals surface area (Å²) in [5.41, 5.74) is 0.986. The van der Waals surface area contributed by atoms with Crippen molar-refractivity contribution in [2.75, 3.05) is 7.11 Å². The van der Waals surface area contributed by atoms with Crippen molar-refractivity contribution in [3.05, 3.63) is 16.1 Å². The number of hydrogen-bond acceptors (Lipinski definition) is 3. The molecule has 0 heterocycles. The Kier molecular flexibility index (Phi) is 6.81. The molecule has 0 aromatic heterocycles. The summed E-state index contributed by atoms with van der Waals surface area (Å²) < 4.78 is 19.8. The van der Waals surface area contributed by atoms with Crippen molar-refractivity contribution in [2.45, 2.75) is 84.7 Å². The van der Waals surface area contributed by atoms with Crippen molar-refractivity contribution < 1.29 is 13.6 Å². The molecular formula is C20H37BrO3Si2. The Balaban J connectivity index is 3.42. The molecule has 0 saturated heterocycles. The molecule has 0 fully saturated rings. The molecule has 0 aliphatic rings. The topological polar surface area (TPSA) is 27.7 Å². The van der Waals surface area contributed by atoms with Gasteiger partial charge < -0.3 is 13.6 Å². The Morgan fingerprint density at radius 1 is 0.808 bits per heavy atom. The summed E-state index contributed by atoms with van der Waals surface area (Å²) in [6.07, 6.45) is 0. The molecule has 1 aromatic rings. The van der Waals surface area contributed by atoms with Gasteiger partial charge in [-0.05, 0) is 59.1 Å². The standard InChI is InChI=1S/C20H37BrO3Si2/c1-14-17(24-26(11,12)20(5,6)7)15(21)13-16(18(14)22-8)23-25(9,10)19(2,3)4/h13H,1-12H3. The van der Waals surface area contributed by atoms with Gasteiger partial charge in [-0.25, -0.2) is 0 Å². The van der Waals surface area contributed by atoms with E-state index in [2.05, 4.69) is 83.7 Å². The summed E-state index contributed by atoms with van der Waals surface area (Å²) >= 11 is 3.72. The molecule has 0 unspecified atom stereocenters. The SMILES string of the molecule is COc1c(O[Si](C)(C)C(C)(C)C)cc(Br)c(O[Si](C)(C)C(C)(C)C)c1C. The van der Waals surface area contributed by atoms with Crippen LogP contribution in [0.1, 0.15) is 47.1 Å². The van der Waals surface area contributed by atoms with Crippen LogP contribution in [-0.2, 0) is 0 Å². The molecule has 1 rings (SSSR count). The fourth-order valence-corrected chi connectivity index (χ4v) is 4.83. The number of rotatable bonds is 5. The highest BCUT2D eigenvalue weighted by Crippen LogP contribution is 2.48. The molecule has 0 N–H and O–H groups in total. The number of halogens is 1. The normalized spacial score (nSPS) is 13.6. The van der Waals surface area contributed by atoms with Crippen molar-refractivity contribution in [3.63, 3.8) is 0 Å². The molecule has 0 atom stereocenters. The molecule has 0 bridgehead atoms. The molecule has 150 valence electrons. The van der Waals surface area contributed by atoms with Gasteiger partial charge in [0.1, 0.15) is 11.5 Å². The van der Waals surface area contributed by atoms with Crippen molar-refractivity contribution in [2.24, 2.45) is 0 Å². The fraction of sp³-hybridized carbons (Fsp3) is 0.700. The highest BCUT2D eigenvalue weighted by Gasteiger charge is 2.42. The number of methoxy groups -OCH3 is 1. The predicted octanol–water partition coefficient (Wildman–Crippen LogP) is 7.53. The minimum atomic E-state index is -1.97. The van der Waals surface area contributed by atoms with Crippen molar-refractivity contribution in [3.8, 4) is 17.2 Å². The first-order valence-corrected chi connectivity index (χ1v) is 15.8. The Labute approximate surface area is 171 Å². The third kappa shape index (κ3) is 4.87. The van der Waals surface area contributed by atoms with Crippen molar-refractivity contribution >= 4 is 32.6 Å². The van der Waals surface area contributed by atoms with E-state index in [4.69, 9.17) is 13.6 Å². The lowest BCUT2D eigenvalue weighted by Gasteiger charge is -2.39. The second-order valence-electron chi connectivity index (χ2n) is 10.1. The van der Waals surface area contributed by atoms with Gasteiger partial charge in [-0.15, -0.1) is 0 Å². The number of hydrogen-bond donors (Lipinski definition) is 0. The van der Waals surface area contributed by atoms with Crippen LogP contribution in [0.4, 0.5) is 0 Å². The zero-order valence-electron chi connectivity index (χ0n) is 18.7.